The number of aliphatic carboxylic acids is 1. The van der Waals surface area contributed by atoms with Crippen molar-refractivity contribution in [2.75, 3.05) is 13.2 Å². The molecule has 2 aliphatic rings. The molecular weight excluding hydrogens is 330 g/mol. The van der Waals surface area contributed by atoms with Gasteiger partial charge in [-0.1, -0.05) is 0 Å². The van der Waals surface area contributed by atoms with Crippen LogP contribution in [0, 0.1) is 0 Å². The van der Waals surface area contributed by atoms with Crippen LogP contribution in [-0.4, -0.2) is 45.9 Å². The molecule has 1 unspecified atom stereocenters. The fraction of sp³-hybridized carbons (Fsp3) is 0.583. The summed E-state index contributed by atoms with van der Waals surface area (Å²) in [5.74, 6) is -1.17. The Morgan fingerprint density at radius 1 is 1.50 bits per heavy atom. The quantitative estimate of drug-likeness (QED) is 0.757. The smallest absolute Gasteiger partial charge is 0.331 e. The van der Waals surface area contributed by atoms with Crippen molar-refractivity contribution in [2.45, 2.75) is 30.7 Å². The molecule has 1 atom stereocenters. The Labute approximate surface area is 123 Å². The van der Waals surface area contributed by atoms with Crippen LogP contribution in [0.4, 0.5) is 0 Å². The van der Waals surface area contributed by atoms with Crippen molar-refractivity contribution in [2.24, 2.45) is 0 Å². The molecule has 3 N–H and O–H groups in total. The molecule has 2 heterocycles. The Bertz CT molecular complexity index is 561. The van der Waals surface area contributed by atoms with Crippen LogP contribution in [0.5, 0.6) is 0 Å². The first-order valence-electron chi connectivity index (χ1n) is 6.41. The number of halogens is 1. The second-order valence-corrected chi connectivity index (χ2v) is 6.01. The third-order valence-corrected chi connectivity index (χ3v) is 4.52. The van der Waals surface area contributed by atoms with E-state index in [4.69, 9.17) is 4.74 Å². The maximum Gasteiger partial charge on any atom is 0.331 e. The Balaban J connectivity index is 1.80. The molecule has 2 fully saturated rings. The summed E-state index contributed by atoms with van der Waals surface area (Å²) in [5, 5.41) is 18.7. The van der Waals surface area contributed by atoms with Crippen molar-refractivity contribution in [1.82, 2.24) is 15.5 Å². The van der Waals surface area contributed by atoms with E-state index < -0.39 is 17.4 Å². The lowest BCUT2D eigenvalue weighted by Gasteiger charge is -2.23. The van der Waals surface area contributed by atoms with Gasteiger partial charge in [0.15, 0.2) is 11.2 Å². The molecule has 7 nitrogen and oxygen atoms in total. The zero-order valence-electron chi connectivity index (χ0n) is 10.6. The van der Waals surface area contributed by atoms with E-state index in [2.05, 4.69) is 31.4 Å². The van der Waals surface area contributed by atoms with Gasteiger partial charge in [-0.15, -0.1) is 0 Å². The van der Waals surface area contributed by atoms with Gasteiger partial charge >= 0.3 is 5.97 Å². The number of carbonyl (C=O) groups excluding carboxylic acids is 1. The number of nitrogens with zero attached hydrogens (tertiary/aromatic N) is 1. The molecule has 108 valence electrons. The Morgan fingerprint density at radius 2 is 2.25 bits per heavy atom. The average molecular weight is 344 g/mol. The maximum absolute atomic E-state index is 12.2. The van der Waals surface area contributed by atoms with E-state index in [0.717, 1.165) is 18.5 Å². The lowest BCUT2D eigenvalue weighted by atomic mass is 9.99. The maximum atomic E-state index is 12.2. The van der Waals surface area contributed by atoms with Crippen LogP contribution in [-0.2, 0) is 9.53 Å². The highest BCUT2D eigenvalue weighted by Gasteiger charge is 2.45. The molecule has 1 aromatic rings. The highest BCUT2D eigenvalue weighted by atomic mass is 79.9. The van der Waals surface area contributed by atoms with Gasteiger partial charge in [-0.25, -0.2) is 4.79 Å². The van der Waals surface area contributed by atoms with Gasteiger partial charge in [0.05, 0.1) is 16.8 Å². The summed E-state index contributed by atoms with van der Waals surface area (Å²) in [4.78, 5) is 23.6. The zero-order chi connectivity index (χ0) is 14.3. The summed E-state index contributed by atoms with van der Waals surface area (Å²) in [5.41, 5.74) is -0.253. The summed E-state index contributed by atoms with van der Waals surface area (Å²) < 4.78 is 5.73. The fourth-order valence-electron chi connectivity index (χ4n) is 2.30. The van der Waals surface area contributed by atoms with Crippen LogP contribution < -0.4 is 5.32 Å². The van der Waals surface area contributed by atoms with Crippen LogP contribution in [0.1, 0.15) is 41.4 Å². The molecule has 1 aromatic heterocycles. The third kappa shape index (κ3) is 2.22. The van der Waals surface area contributed by atoms with E-state index in [1.165, 1.54) is 0 Å². The van der Waals surface area contributed by atoms with Crippen LogP contribution in [0.3, 0.4) is 0 Å². The number of aromatic nitrogens is 2. The normalized spacial score (nSPS) is 25.6. The summed E-state index contributed by atoms with van der Waals surface area (Å²) in [6.45, 7) is 0.299. The number of hydrogen-bond donors (Lipinski definition) is 3. The number of H-pyrrole nitrogens is 1. The summed E-state index contributed by atoms with van der Waals surface area (Å²) in [6, 6.07) is 0. The second-order valence-electron chi connectivity index (χ2n) is 5.22. The number of carboxylic acid groups (broad SMARTS) is 1. The van der Waals surface area contributed by atoms with Crippen LogP contribution in [0.15, 0.2) is 4.47 Å². The van der Waals surface area contributed by atoms with Gasteiger partial charge in [-0.05, 0) is 28.8 Å². The molecule has 1 amide bonds. The predicted octanol–water partition coefficient (Wildman–Crippen LogP) is 1.02. The van der Waals surface area contributed by atoms with E-state index in [1.807, 2.05) is 0 Å². The minimum atomic E-state index is -1.35. The van der Waals surface area contributed by atoms with Gasteiger partial charge in [-0.3, -0.25) is 9.89 Å². The number of ether oxygens (including phenoxy) is 1. The number of amides is 1. The Hall–Kier alpha value is -1.41. The molecule has 8 heteroatoms. The minimum Gasteiger partial charge on any atom is -0.479 e. The van der Waals surface area contributed by atoms with Gasteiger partial charge in [0.1, 0.15) is 0 Å². The monoisotopic (exact) mass is 343 g/mol. The van der Waals surface area contributed by atoms with E-state index in [0.29, 0.717) is 17.0 Å². The highest BCUT2D eigenvalue weighted by molar-refractivity contribution is 9.10. The fourth-order valence-corrected chi connectivity index (χ4v) is 2.98. The van der Waals surface area contributed by atoms with Crippen molar-refractivity contribution in [3.05, 3.63) is 15.9 Å². The molecule has 0 bridgehead atoms. The van der Waals surface area contributed by atoms with Gasteiger partial charge in [0.2, 0.25) is 0 Å². The standard InChI is InChI=1S/C12H14BrN3O4/c13-7-8(6-1-2-6)15-16-9(7)10(17)14-12(11(18)19)3-4-20-5-12/h6H,1-5H2,(H,14,17)(H,15,16)(H,18,19). The topological polar surface area (TPSA) is 104 Å². The second kappa shape index (κ2) is 4.85. The van der Waals surface area contributed by atoms with Crippen LogP contribution >= 0.6 is 15.9 Å². The molecule has 0 radical (unpaired) electrons. The predicted molar refractivity (Wildman–Crippen MR) is 71.5 cm³/mol. The minimum absolute atomic E-state index is 0.0222. The third-order valence-electron chi connectivity index (χ3n) is 3.72. The van der Waals surface area contributed by atoms with Crippen molar-refractivity contribution < 1.29 is 19.4 Å². The first kappa shape index (κ1) is 13.6. The van der Waals surface area contributed by atoms with Crippen LogP contribution in [0.25, 0.3) is 0 Å². The van der Waals surface area contributed by atoms with Crippen LogP contribution in [0.2, 0.25) is 0 Å². The van der Waals surface area contributed by atoms with Gasteiger partial charge in [0, 0.05) is 18.9 Å². The lowest BCUT2D eigenvalue weighted by Crippen LogP contribution is -2.55. The van der Waals surface area contributed by atoms with Gasteiger partial charge in [-0.2, -0.15) is 5.10 Å². The van der Waals surface area contributed by atoms with E-state index in [-0.39, 0.29) is 18.7 Å². The van der Waals surface area contributed by atoms with Crippen molar-refractivity contribution in [3.8, 4) is 0 Å². The number of carbonyl (C=O) groups is 2. The molecule has 1 aliphatic heterocycles. The molecule has 0 spiro atoms. The molecule has 1 saturated heterocycles. The molecule has 3 rings (SSSR count). The van der Waals surface area contributed by atoms with Crippen molar-refractivity contribution in [1.29, 1.82) is 0 Å². The number of carboxylic acids is 1. The first-order valence-corrected chi connectivity index (χ1v) is 7.20. The van der Waals surface area contributed by atoms with Crippen molar-refractivity contribution in [3.63, 3.8) is 0 Å². The Kier molecular flexibility index (Phi) is 3.29. The summed E-state index contributed by atoms with van der Waals surface area (Å²) in [7, 11) is 0. The number of rotatable bonds is 4. The molecule has 1 aliphatic carbocycles. The molecule has 20 heavy (non-hydrogen) atoms. The average Bonchev–Trinajstić information content (AvgIpc) is 2.99. The van der Waals surface area contributed by atoms with Crippen molar-refractivity contribution >= 4 is 27.8 Å². The summed E-state index contributed by atoms with van der Waals surface area (Å²) in [6.07, 6.45) is 2.41. The Morgan fingerprint density at radius 3 is 2.80 bits per heavy atom. The first-order chi connectivity index (χ1) is 9.53. The molecule has 1 saturated carbocycles. The largest absolute Gasteiger partial charge is 0.479 e. The number of aromatic amines is 1. The number of nitrogens with one attached hydrogen (secondary N) is 2. The zero-order valence-corrected chi connectivity index (χ0v) is 12.2. The molecular formula is C12H14BrN3O4. The van der Waals surface area contributed by atoms with E-state index in [1.54, 1.807) is 0 Å². The number of hydrogen-bond acceptors (Lipinski definition) is 4. The van der Waals surface area contributed by atoms with E-state index >= 15 is 0 Å². The van der Waals surface area contributed by atoms with Gasteiger partial charge in [0.25, 0.3) is 5.91 Å². The molecule has 0 aromatic carbocycles. The SMILES string of the molecule is O=C(NC1(C(=O)O)CCOC1)c1n[nH]c(C2CC2)c1Br. The van der Waals surface area contributed by atoms with E-state index in [9.17, 15) is 14.7 Å². The summed E-state index contributed by atoms with van der Waals surface area (Å²) >= 11 is 3.36. The highest BCUT2D eigenvalue weighted by Crippen LogP contribution is 2.42. The lowest BCUT2D eigenvalue weighted by molar-refractivity contribution is -0.144. The van der Waals surface area contributed by atoms with Gasteiger partial charge < -0.3 is 15.2 Å².